The van der Waals surface area contributed by atoms with Gasteiger partial charge in [0.05, 0.1) is 5.56 Å². The largest absolute Gasteiger partial charge is 0.508 e. The molecule has 0 spiro atoms. The van der Waals surface area contributed by atoms with Crippen molar-refractivity contribution in [3.05, 3.63) is 58.1 Å². The Labute approximate surface area is 195 Å². The van der Waals surface area contributed by atoms with Crippen molar-refractivity contribution in [2.24, 2.45) is 0 Å². The standard InChI is InChI=1S/C29H42O3/c1-26(2,3)18-13-14-23(20(15-18)27(4,5)6)32-25(31)24-21(28(7,8)9)16-19(30)17-22(24)29(10,11)12/h13-17,30H,1-12H3. The van der Waals surface area contributed by atoms with Gasteiger partial charge in [-0.1, -0.05) is 95.2 Å². The molecule has 0 amide bonds. The molecular weight excluding hydrogens is 396 g/mol. The van der Waals surface area contributed by atoms with Gasteiger partial charge in [-0.25, -0.2) is 4.79 Å². The van der Waals surface area contributed by atoms with Gasteiger partial charge in [-0.15, -0.1) is 0 Å². The Morgan fingerprint density at radius 2 is 1.09 bits per heavy atom. The Kier molecular flexibility index (Phi) is 6.69. The number of esters is 1. The van der Waals surface area contributed by atoms with E-state index in [0.29, 0.717) is 11.3 Å². The molecule has 0 aliphatic carbocycles. The molecule has 2 aromatic rings. The summed E-state index contributed by atoms with van der Waals surface area (Å²) in [6.45, 7) is 25.2. The van der Waals surface area contributed by atoms with Crippen molar-refractivity contribution in [2.45, 2.75) is 105 Å². The maximum absolute atomic E-state index is 13.7. The Morgan fingerprint density at radius 1 is 0.656 bits per heavy atom. The summed E-state index contributed by atoms with van der Waals surface area (Å²) in [4.78, 5) is 13.7. The molecule has 32 heavy (non-hydrogen) atoms. The molecule has 0 heterocycles. The third kappa shape index (κ3) is 5.74. The van der Waals surface area contributed by atoms with Crippen molar-refractivity contribution in [3.8, 4) is 11.5 Å². The minimum Gasteiger partial charge on any atom is -0.508 e. The molecule has 0 saturated carbocycles. The van der Waals surface area contributed by atoms with Gasteiger partial charge in [0, 0.05) is 5.56 Å². The molecule has 0 saturated heterocycles. The predicted octanol–water partition coefficient (Wildman–Crippen LogP) is 7.80. The molecule has 0 aliphatic heterocycles. The van der Waals surface area contributed by atoms with Crippen LogP contribution >= 0.6 is 0 Å². The van der Waals surface area contributed by atoms with Gasteiger partial charge in [-0.05, 0) is 56.5 Å². The molecule has 0 fully saturated rings. The van der Waals surface area contributed by atoms with E-state index in [4.69, 9.17) is 4.74 Å². The van der Waals surface area contributed by atoms with Gasteiger partial charge in [0.15, 0.2) is 0 Å². The van der Waals surface area contributed by atoms with Crippen LogP contribution in [0.1, 0.15) is 116 Å². The van der Waals surface area contributed by atoms with E-state index >= 15 is 0 Å². The Balaban J connectivity index is 2.71. The van der Waals surface area contributed by atoms with Crippen LogP contribution in [0, 0.1) is 0 Å². The third-order valence-electron chi connectivity index (χ3n) is 5.80. The SMILES string of the molecule is CC(C)(C)c1ccc(OC(=O)c2c(C(C)(C)C)cc(O)cc2C(C)(C)C)c(C(C)(C)C)c1. The first-order valence-electron chi connectivity index (χ1n) is 11.5. The summed E-state index contributed by atoms with van der Waals surface area (Å²) in [5.74, 6) is 0.374. The Hall–Kier alpha value is -2.29. The normalized spacial score (nSPS) is 13.2. The highest BCUT2D eigenvalue weighted by Crippen LogP contribution is 2.40. The summed E-state index contributed by atoms with van der Waals surface area (Å²) in [7, 11) is 0. The average molecular weight is 439 g/mol. The highest BCUT2D eigenvalue weighted by Gasteiger charge is 2.32. The summed E-state index contributed by atoms with van der Waals surface area (Å²) in [6.07, 6.45) is 0. The van der Waals surface area contributed by atoms with Crippen LogP contribution in [0.5, 0.6) is 11.5 Å². The summed E-state index contributed by atoms with van der Waals surface area (Å²) >= 11 is 0. The number of ether oxygens (including phenoxy) is 1. The second kappa shape index (κ2) is 8.24. The van der Waals surface area contributed by atoms with E-state index in [9.17, 15) is 9.90 Å². The van der Waals surface area contributed by atoms with Crippen molar-refractivity contribution in [2.75, 3.05) is 0 Å². The lowest BCUT2D eigenvalue weighted by atomic mass is 9.76. The topological polar surface area (TPSA) is 46.5 Å². The quantitative estimate of drug-likeness (QED) is 0.384. The van der Waals surface area contributed by atoms with E-state index in [1.165, 1.54) is 5.56 Å². The number of hydrogen-bond donors (Lipinski definition) is 1. The molecule has 0 aliphatic rings. The lowest BCUT2D eigenvalue weighted by Crippen LogP contribution is -2.27. The molecule has 0 unspecified atom stereocenters. The van der Waals surface area contributed by atoms with E-state index < -0.39 is 0 Å². The third-order valence-corrected chi connectivity index (χ3v) is 5.80. The van der Waals surface area contributed by atoms with Crippen LogP contribution in [0.4, 0.5) is 0 Å². The number of rotatable bonds is 2. The first kappa shape index (κ1) is 26.0. The summed E-state index contributed by atoms with van der Waals surface area (Å²) < 4.78 is 6.12. The maximum atomic E-state index is 13.7. The van der Waals surface area contributed by atoms with Gasteiger partial charge in [0.1, 0.15) is 11.5 Å². The van der Waals surface area contributed by atoms with Crippen LogP contribution in [0.3, 0.4) is 0 Å². The first-order chi connectivity index (χ1) is 14.2. The fourth-order valence-corrected chi connectivity index (χ4v) is 3.85. The monoisotopic (exact) mass is 438 g/mol. The predicted molar refractivity (Wildman–Crippen MR) is 134 cm³/mol. The van der Waals surface area contributed by atoms with Crippen molar-refractivity contribution >= 4 is 5.97 Å². The van der Waals surface area contributed by atoms with Crippen molar-refractivity contribution in [3.63, 3.8) is 0 Å². The number of phenolic OH excluding ortho intramolecular Hbond substituents is 1. The van der Waals surface area contributed by atoms with E-state index in [2.05, 4.69) is 47.6 Å². The zero-order valence-electron chi connectivity index (χ0n) is 22.2. The number of carbonyl (C=O) groups excluding carboxylic acids is 1. The molecule has 3 heteroatoms. The molecule has 0 bridgehead atoms. The molecule has 2 rings (SSSR count). The van der Waals surface area contributed by atoms with Crippen LogP contribution in [-0.2, 0) is 21.7 Å². The van der Waals surface area contributed by atoms with Gasteiger partial charge in [-0.2, -0.15) is 0 Å². The lowest BCUT2D eigenvalue weighted by Gasteiger charge is -2.30. The van der Waals surface area contributed by atoms with Gasteiger partial charge < -0.3 is 9.84 Å². The fraction of sp³-hybridized carbons (Fsp3) is 0.552. The van der Waals surface area contributed by atoms with Gasteiger partial charge in [-0.3, -0.25) is 0 Å². The van der Waals surface area contributed by atoms with Crippen LogP contribution in [0.2, 0.25) is 0 Å². The van der Waals surface area contributed by atoms with Gasteiger partial charge in [0.25, 0.3) is 0 Å². The van der Waals surface area contributed by atoms with Crippen LogP contribution in [0.25, 0.3) is 0 Å². The number of carbonyl (C=O) groups is 1. The molecule has 0 atom stereocenters. The van der Waals surface area contributed by atoms with Gasteiger partial charge >= 0.3 is 5.97 Å². The molecule has 1 N–H and O–H groups in total. The van der Waals surface area contributed by atoms with Crippen LogP contribution in [0.15, 0.2) is 30.3 Å². The van der Waals surface area contributed by atoms with Crippen molar-refractivity contribution in [1.29, 1.82) is 0 Å². The number of aromatic hydroxyl groups is 1. The molecule has 0 aromatic heterocycles. The summed E-state index contributed by atoms with van der Waals surface area (Å²) in [6, 6.07) is 9.52. The van der Waals surface area contributed by atoms with Gasteiger partial charge in [0.2, 0.25) is 0 Å². The first-order valence-corrected chi connectivity index (χ1v) is 11.5. The van der Waals surface area contributed by atoms with Crippen LogP contribution in [-0.4, -0.2) is 11.1 Å². The second-order valence-electron chi connectivity index (χ2n) is 13.0. The average Bonchev–Trinajstić information content (AvgIpc) is 2.57. The zero-order valence-corrected chi connectivity index (χ0v) is 22.2. The fourth-order valence-electron chi connectivity index (χ4n) is 3.85. The Bertz CT molecular complexity index is 966. The molecule has 176 valence electrons. The number of phenols is 1. The molecule has 2 aromatic carbocycles. The van der Waals surface area contributed by atoms with E-state index in [0.717, 1.165) is 16.7 Å². The lowest BCUT2D eigenvalue weighted by molar-refractivity contribution is 0.0726. The van der Waals surface area contributed by atoms with E-state index in [1.807, 2.05) is 53.7 Å². The smallest absolute Gasteiger partial charge is 0.344 e. The highest BCUT2D eigenvalue weighted by atomic mass is 16.5. The zero-order chi connectivity index (χ0) is 24.9. The van der Waals surface area contributed by atoms with E-state index in [1.54, 1.807) is 12.1 Å². The van der Waals surface area contributed by atoms with Crippen molar-refractivity contribution < 1.29 is 14.6 Å². The Morgan fingerprint density at radius 3 is 1.47 bits per heavy atom. The summed E-state index contributed by atoms with van der Waals surface area (Å²) in [5.41, 5.74) is 3.47. The molecule has 0 radical (unpaired) electrons. The van der Waals surface area contributed by atoms with Crippen LogP contribution < -0.4 is 4.74 Å². The van der Waals surface area contributed by atoms with E-state index in [-0.39, 0.29) is 33.4 Å². The summed E-state index contributed by atoms with van der Waals surface area (Å²) in [5, 5.41) is 10.4. The molecule has 3 nitrogen and oxygen atoms in total. The maximum Gasteiger partial charge on any atom is 0.344 e. The molecular formula is C29H42O3. The second-order valence-corrected chi connectivity index (χ2v) is 13.0. The minimum atomic E-state index is -0.381. The minimum absolute atomic E-state index is 0.00168. The number of hydrogen-bond acceptors (Lipinski definition) is 3. The van der Waals surface area contributed by atoms with Crippen molar-refractivity contribution in [1.82, 2.24) is 0 Å². The highest BCUT2D eigenvalue weighted by molar-refractivity contribution is 5.95. The number of benzene rings is 2.